The van der Waals surface area contributed by atoms with Crippen LogP contribution in [-0.2, 0) is 0 Å². The maximum Gasteiger partial charge on any atom is 0.347 e. The third-order valence-electron chi connectivity index (χ3n) is 3.31. The molecule has 1 atom stereocenters. The van der Waals surface area contributed by atoms with E-state index in [-0.39, 0.29) is 5.92 Å². The van der Waals surface area contributed by atoms with Gasteiger partial charge in [0.15, 0.2) is 5.13 Å². The highest BCUT2D eigenvalue weighted by Crippen LogP contribution is 2.36. The average molecular weight is 254 g/mol. The van der Waals surface area contributed by atoms with Crippen LogP contribution in [0, 0.1) is 0 Å². The molecule has 1 fully saturated rings. The lowest BCUT2D eigenvalue weighted by Crippen LogP contribution is -2.19. The third-order valence-corrected chi connectivity index (χ3v) is 4.46. The Bertz CT molecular complexity index is 426. The van der Waals surface area contributed by atoms with E-state index in [0.29, 0.717) is 10.9 Å². The molecule has 17 heavy (non-hydrogen) atoms. The number of nitrogens with zero attached hydrogens (tertiary/aromatic N) is 2. The zero-order valence-electron chi connectivity index (χ0n) is 10.4. The number of thiazole rings is 1. The first kappa shape index (κ1) is 12.4. The van der Waals surface area contributed by atoms with Crippen LogP contribution in [0.5, 0.6) is 0 Å². The molecule has 4 nitrogen and oxygen atoms in total. The maximum absolute atomic E-state index is 11.2. The van der Waals surface area contributed by atoms with Gasteiger partial charge in [0.05, 0.1) is 5.69 Å². The van der Waals surface area contributed by atoms with Crippen molar-refractivity contribution in [2.75, 3.05) is 11.9 Å². The molecule has 1 N–H and O–H groups in total. The molecule has 5 heteroatoms. The van der Waals surface area contributed by atoms with Gasteiger partial charge in [-0.05, 0) is 25.2 Å². The number of carboxylic acids is 1. The molecule has 1 saturated carbocycles. The van der Waals surface area contributed by atoms with Crippen molar-refractivity contribution in [3.63, 3.8) is 0 Å². The lowest BCUT2D eigenvalue weighted by molar-refractivity contribution is 0.0700. The number of aromatic carboxylic acids is 1. The molecule has 0 aromatic carbocycles. The largest absolute Gasteiger partial charge is 0.477 e. The quantitative estimate of drug-likeness (QED) is 0.877. The fourth-order valence-electron chi connectivity index (χ4n) is 1.77. The summed E-state index contributed by atoms with van der Waals surface area (Å²) in [6, 6.07) is 0.563. The van der Waals surface area contributed by atoms with Gasteiger partial charge in [0.25, 0.3) is 0 Å². The van der Waals surface area contributed by atoms with E-state index >= 15 is 0 Å². The molecule has 0 aliphatic heterocycles. The highest BCUT2D eigenvalue weighted by Gasteiger charge is 2.30. The van der Waals surface area contributed by atoms with E-state index in [1.54, 1.807) is 0 Å². The van der Waals surface area contributed by atoms with Crippen LogP contribution in [0.3, 0.4) is 0 Å². The summed E-state index contributed by atoms with van der Waals surface area (Å²) in [5.41, 5.74) is 0.743. The van der Waals surface area contributed by atoms with Crippen molar-refractivity contribution in [2.24, 2.45) is 0 Å². The zero-order chi connectivity index (χ0) is 12.6. The molecule has 1 aliphatic rings. The number of carbonyl (C=O) groups is 1. The first-order valence-corrected chi connectivity index (χ1v) is 6.83. The molecular weight excluding hydrogens is 236 g/mol. The molecular formula is C12H18N2O2S. The Morgan fingerprint density at radius 2 is 2.29 bits per heavy atom. The van der Waals surface area contributed by atoms with Gasteiger partial charge in [-0.3, -0.25) is 0 Å². The lowest BCUT2D eigenvalue weighted by Gasteiger charge is -2.13. The molecule has 1 aliphatic carbocycles. The molecule has 1 aromatic rings. The van der Waals surface area contributed by atoms with E-state index in [2.05, 4.69) is 16.8 Å². The number of carboxylic acid groups (broad SMARTS) is 1. The monoisotopic (exact) mass is 254 g/mol. The van der Waals surface area contributed by atoms with E-state index in [9.17, 15) is 9.90 Å². The van der Waals surface area contributed by atoms with Crippen molar-refractivity contribution < 1.29 is 9.90 Å². The number of rotatable bonds is 5. The van der Waals surface area contributed by atoms with Crippen molar-refractivity contribution in [3.8, 4) is 0 Å². The second-order valence-electron chi connectivity index (χ2n) is 4.67. The van der Waals surface area contributed by atoms with Crippen LogP contribution in [0.1, 0.15) is 54.4 Å². The summed E-state index contributed by atoms with van der Waals surface area (Å²) < 4.78 is 0. The Balaban J connectivity index is 2.32. The first-order valence-electron chi connectivity index (χ1n) is 6.01. The van der Waals surface area contributed by atoms with E-state index < -0.39 is 5.97 Å². The fraction of sp³-hybridized carbons (Fsp3) is 0.667. The van der Waals surface area contributed by atoms with E-state index in [4.69, 9.17) is 0 Å². The summed E-state index contributed by atoms with van der Waals surface area (Å²) in [6.07, 6.45) is 3.30. The molecule has 1 aromatic heterocycles. The van der Waals surface area contributed by atoms with Gasteiger partial charge in [-0.1, -0.05) is 25.2 Å². The van der Waals surface area contributed by atoms with Gasteiger partial charge in [0, 0.05) is 13.1 Å². The fourth-order valence-corrected chi connectivity index (χ4v) is 2.83. The van der Waals surface area contributed by atoms with Gasteiger partial charge in [0.2, 0.25) is 0 Å². The molecule has 0 spiro atoms. The first-order chi connectivity index (χ1) is 8.04. The van der Waals surface area contributed by atoms with Crippen LogP contribution in [0.25, 0.3) is 0 Å². The minimum atomic E-state index is -0.853. The molecule has 2 rings (SSSR count). The molecule has 1 heterocycles. The minimum Gasteiger partial charge on any atom is -0.477 e. The van der Waals surface area contributed by atoms with Crippen LogP contribution in [0.2, 0.25) is 0 Å². The highest BCUT2D eigenvalue weighted by molar-refractivity contribution is 7.17. The van der Waals surface area contributed by atoms with Gasteiger partial charge >= 0.3 is 5.97 Å². The number of anilines is 1. The average Bonchev–Trinajstić information content (AvgIpc) is 3.05. The van der Waals surface area contributed by atoms with Crippen molar-refractivity contribution in [3.05, 3.63) is 10.6 Å². The molecule has 94 valence electrons. The predicted octanol–water partition coefficient (Wildman–Crippen LogP) is 2.95. The van der Waals surface area contributed by atoms with Crippen LogP contribution < -0.4 is 4.90 Å². The summed E-state index contributed by atoms with van der Waals surface area (Å²) in [6.45, 7) is 4.09. The second-order valence-corrected chi connectivity index (χ2v) is 5.64. The van der Waals surface area contributed by atoms with Gasteiger partial charge in [-0.25, -0.2) is 9.78 Å². The standard InChI is InChI=1S/C12H18N2O2S/c1-4-7(2)9-10(11(15)16)17-12(13-9)14(3)8-5-6-8/h7-8H,4-6H2,1-3H3,(H,15,16). The molecule has 0 radical (unpaired) electrons. The van der Waals surface area contributed by atoms with E-state index in [1.807, 2.05) is 14.0 Å². The van der Waals surface area contributed by atoms with Gasteiger partial charge in [0.1, 0.15) is 4.88 Å². The Hall–Kier alpha value is -1.10. The van der Waals surface area contributed by atoms with Crippen LogP contribution in [0.4, 0.5) is 5.13 Å². The second kappa shape index (κ2) is 4.64. The van der Waals surface area contributed by atoms with Crippen molar-refractivity contribution >= 4 is 22.4 Å². The van der Waals surface area contributed by atoms with Crippen molar-refractivity contribution in [1.29, 1.82) is 0 Å². The minimum absolute atomic E-state index is 0.207. The predicted molar refractivity (Wildman–Crippen MR) is 69.2 cm³/mol. The summed E-state index contributed by atoms with van der Waals surface area (Å²) in [5, 5.41) is 10.1. The summed E-state index contributed by atoms with van der Waals surface area (Å²) >= 11 is 1.30. The van der Waals surface area contributed by atoms with Crippen molar-refractivity contribution in [1.82, 2.24) is 4.98 Å². The SMILES string of the molecule is CCC(C)c1nc(N(C)C2CC2)sc1C(=O)O. The number of hydrogen-bond acceptors (Lipinski definition) is 4. The number of aromatic nitrogens is 1. The van der Waals surface area contributed by atoms with Crippen LogP contribution in [0.15, 0.2) is 0 Å². The Labute approximate surface area is 105 Å². The topological polar surface area (TPSA) is 53.4 Å². The van der Waals surface area contributed by atoms with Crippen molar-refractivity contribution in [2.45, 2.75) is 45.1 Å². The third kappa shape index (κ3) is 2.44. The van der Waals surface area contributed by atoms with Crippen LogP contribution >= 0.6 is 11.3 Å². The molecule has 0 amide bonds. The Morgan fingerprint density at radius 1 is 1.65 bits per heavy atom. The van der Waals surface area contributed by atoms with E-state index in [0.717, 1.165) is 17.2 Å². The highest BCUT2D eigenvalue weighted by atomic mass is 32.1. The lowest BCUT2D eigenvalue weighted by atomic mass is 10.0. The Morgan fingerprint density at radius 3 is 2.76 bits per heavy atom. The zero-order valence-corrected chi connectivity index (χ0v) is 11.3. The Kier molecular flexibility index (Phi) is 3.38. The van der Waals surface area contributed by atoms with E-state index in [1.165, 1.54) is 24.2 Å². The van der Waals surface area contributed by atoms with Gasteiger partial charge in [-0.2, -0.15) is 0 Å². The summed E-state index contributed by atoms with van der Waals surface area (Å²) in [7, 11) is 2.00. The molecule has 0 bridgehead atoms. The smallest absolute Gasteiger partial charge is 0.347 e. The maximum atomic E-state index is 11.2. The van der Waals surface area contributed by atoms with Gasteiger partial charge < -0.3 is 10.0 Å². The number of hydrogen-bond donors (Lipinski definition) is 1. The normalized spacial score (nSPS) is 16.9. The molecule has 1 unspecified atom stereocenters. The van der Waals surface area contributed by atoms with Gasteiger partial charge in [-0.15, -0.1) is 0 Å². The van der Waals surface area contributed by atoms with Crippen LogP contribution in [-0.4, -0.2) is 29.1 Å². The summed E-state index contributed by atoms with van der Waals surface area (Å²) in [5.74, 6) is -0.646. The molecule has 0 saturated heterocycles. The summed E-state index contributed by atoms with van der Waals surface area (Å²) in [4.78, 5) is 18.3.